The molecule has 0 amide bonds. The van der Waals surface area contributed by atoms with Crippen molar-refractivity contribution in [3.63, 3.8) is 0 Å². The summed E-state index contributed by atoms with van der Waals surface area (Å²) in [6, 6.07) is 9.43. The first-order valence-electron chi connectivity index (χ1n) is 10.7. The van der Waals surface area contributed by atoms with Crippen molar-refractivity contribution in [3.8, 4) is 0 Å². The van der Waals surface area contributed by atoms with Gasteiger partial charge < -0.3 is 21.9 Å². The van der Waals surface area contributed by atoms with Crippen molar-refractivity contribution in [2.24, 2.45) is 0 Å². The van der Waals surface area contributed by atoms with Crippen LogP contribution >= 0.6 is 17.0 Å². The number of anilines is 1. The molecule has 140 valence electrons. The second-order valence-electron chi connectivity index (χ2n) is 7.71. The Morgan fingerprint density at radius 1 is 0.731 bits per heavy atom. The van der Waals surface area contributed by atoms with Crippen LogP contribution in [0.3, 0.4) is 0 Å². The SMILES string of the molecule is C[CH2][Al]1[CH2][CH2][Al]([CH2]C)[S][Al]([CH2]C)[CH2]N(c2ccc(C)cc2)[CH2][Al]([CH2]C)[S]1. The molecular weight excluding hydrogens is 414 g/mol. The van der Waals surface area contributed by atoms with Gasteiger partial charge in [0.2, 0.25) is 0 Å². The maximum Gasteiger partial charge on any atom is 0.348 e. The predicted octanol–water partition coefficient (Wildman–Crippen LogP) is 6.41. The number of rotatable bonds is 5. The molecule has 2 rings (SSSR count). The van der Waals surface area contributed by atoms with Gasteiger partial charge in [-0.15, -0.1) is 0 Å². The molecule has 0 unspecified atom stereocenters. The van der Waals surface area contributed by atoms with Gasteiger partial charge in [0.15, 0.2) is 0 Å². The summed E-state index contributed by atoms with van der Waals surface area (Å²) in [5.41, 5.74) is 2.90. The van der Waals surface area contributed by atoms with Crippen LogP contribution in [0, 0.1) is 6.92 Å². The number of hydrogen-bond donors (Lipinski definition) is 0. The first-order valence-corrected chi connectivity index (χ1v) is 24.8. The minimum absolute atomic E-state index is 0.546. The molecule has 1 heterocycles. The fourth-order valence-electron chi connectivity index (χ4n) is 3.72. The summed E-state index contributed by atoms with van der Waals surface area (Å²) in [4.78, 5) is 2.85. The Kier molecular flexibility index (Phi) is 12.3. The molecule has 0 aliphatic carbocycles. The second-order valence-corrected chi connectivity index (χ2v) is 32.9. The molecule has 1 nitrogen and oxygen atoms in total. The average Bonchev–Trinajstić information content (AvgIpc) is 2.70. The van der Waals surface area contributed by atoms with Crippen molar-refractivity contribution < 1.29 is 0 Å². The molecule has 0 spiro atoms. The highest BCUT2D eigenvalue weighted by Crippen LogP contribution is 2.31. The first kappa shape index (κ1) is 24.1. The van der Waals surface area contributed by atoms with Gasteiger partial charge in [0.25, 0.3) is 0 Å². The van der Waals surface area contributed by atoms with E-state index in [2.05, 4.69) is 80.8 Å². The van der Waals surface area contributed by atoms with Crippen LogP contribution < -0.4 is 4.90 Å². The Morgan fingerprint density at radius 3 is 1.54 bits per heavy atom. The molecule has 0 bridgehead atoms. The Bertz CT molecular complexity index is 493. The average molecular weight is 450 g/mol. The topological polar surface area (TPSA) is 3.24 Å². The van der Waals surface area contributed by atoms with Crippen LogP contribution in [0.5, 0.6) is 0 Å². The van der Waals surface area contributed by atoms with E-state index in [1.807, 2.05) is 0 Å². The molecule has 1 aromatic carbocycles. The zero-order chi connectivity index (χ0) is 18.9. The van der Waals surface area contributed by atoms with E-state index in [-0.39, 0.29) is 0 Å². The molecule has 26 heavy (non-hydrogen) atoms. The summed E-state index contributed by atoms with van der Waals surface area (Å²) in [6.07, 6.45) is 0. The van der Waals surface area contributed by atoms with Gasteiger partial charge in [-0.05, 0) is 29.9 Å². The van der Waals surface area contributed by atoms with Crippen LogP contribution in [0.1, 0.15) is 33.3 Å². The highest BCUT2D eigenvalue weighted by Gasteiger charge is 2.33. The van der Waals surface area contributed by atoms with Crippen LogP contribution in [-0.4, -0.2) is 62.9 Å². The van der Waals surface area contributed by atoms with Crippen molar-refractivity contribution in [3.05, 3.63) is 29.8 Å². The fraction of sp³-hybridized carbons (Fsp3) is 0.684. The summed E-state index contributed by atoms with van der Waals surface area (Å²) in [7, 11) is 5.17. The minimum Gasteiger partial charge on any atom is -0.396 e. The van der Waals surface area contributed by atoms with Crippen LogP contribution in [-0.2, 0) is 0 Å². The highest BCUT2D eigenvalue weighted by atomic mass is 32.4. The predicted molar refractivity (Wildman–Crippen MR) is 133 cm³/mol. The Hall–Kier alpha value is 1.85. The molecule has 0 atom stereocenters. The molecule has 0 radical (unpaired) electrons. The van der Waals surface area contributed by atoms with Crippen molar-refractivity contribution in [1.29, 1.82) is 0 Å². The van der Waals surface area contributed by atoms with Gasteiger partial charge in [0.1, 0.15) is 0 Å². The molecule has 7 heteroatoms. The first-order chi connectivity index (χ1) is 12.6. The largest absolute Gasteiger partial charge is 0.396 e. The van der Waals surface area contributed by atoms with Gasteiger partial charge in [-0.3, -0.25) is 0 Å². The monoisotopic (exact) mass is 449 g/mol. The fourth-order valence-corrected chi connectivity index (χ4v) is 43.5. The molecule has 1 aliphatic rings. The molecule has 1 saturated heterocycles. The molecular formula is C19H35Al4NS2. The van der Waals surface area contributed by atoms with E-state index in [0.29, 0.717) is 0 Å². The quantitative estimate of drug-likeness (QED) is 0.479. The van der Waals surface area contributed by atoms with E-state index in [1.54, 1.807) is 10.6 Å². The van der Waals surface area contributed by atoms with E-state index < -0.39 is 52.1 Å². The number of aryl methyl sites for hydroxylation is 1. The van der Waals surface area contributed by atoms with Crippen LogP contribution in [0.4, 0.5) is 5.69 Å². The van der Waals surface area contributed by atoms with Gasteiger partial charge in [-0.25, -0.2) is 0 Å². The van der Waals surface area contributed by atoms with E-state index in [1.165, 1.54) is 43.2 Å². The third-order valence-corrected chi connectivity index (χ3v) is 39.9. The minimum atomic E-state index is -0.699. The summed E-state index contributed by atoms with van der Waals surface area (Å²) < 4.78 is 0. The van der Waals surface area contributed by atoms with Crippen LogP contribution in [0.25, 0.3) is 0 Å². The van der Waals surface area contributed by atoms with Crippen molar-refractivity contribution in [2.45, 2.75) is 66.3 Å². The second kappa shape index (κ2) is 13.2. The summed E-state index contributed by atoms with van der Waals surface area (Å²) in [6.45, 7) is 12.1. The molecule has 1 fully saturated rings. The Balaban J connectivity index is 2.26. The Labute approximate surface area is 184 Å². The summed E-state index contributed by atoms with van der Waals surface area (Å²) in [5, 5.41) is 12.1. The number of hydrogen-bond acceptors (Lipinski definition) is 3. The standard InChI is InChI=1S/C9H11N.4C2H5.C2H4.4Al.2S/c1-8-4-6-9(7-5-8)10(2)3;5*1-2;;;;;;/h4-7H,2-3H2,1H3;4*1H2,2H3;1-2H2;;;;;;. The van der Waals surface area contributed by atoms with E-state index >= 15 is 0 Å². The lowest BCUT2D eigenvalue weighted by Gasteiger charge is -2.30. The van der Waals surface area contributed by atoms with Crippen LogP contribution in [0.15, 0.2) is 24.3 Å². The third kappa shape index (κ3) is 7.94. The lowest BCUT2D eigenvalue weighted by atomic mass is 10.2. The lowest BCUT2D eigenvalue weighted by Crippen LogP contribution is -2.40. The van der Waals surface area contributed by atoms with E-state index in [4.69, 9.17) is 0 Å². The molecule has 0 N–H and O–H groups in total. The molecule has 1 aliphatic heterocycles. The normalized spacial score (nSPS) is 17.5. The number of benzene rings is 1. The Morgan fingerprint density at radius 2 is 1.15 bits per heavy atom. The lowest BCUT2D eigenvalue weighted by molar-refractivity contribution is 1.02. The van der Waals surface area contributed by atoms with Gasteiger partial charge in [-0.2, -0.15) is 0 Å². The van der Waals surface area contributed by atoms with Gasteiger partial charge in [0.05, 0.1) is 0 Å². The molecule has 1 aromatic rings. The zero-order valence-corrected chi connectivity index (χ0v) is 23.8. The van der Waals surface area contributed by atoms with Crippen molar-refractivity contribution in [1.82, 2.24) is 0 Å². The smallest absolute Gasteiger partial charge is 0.348 e. The molecule has 0 saturated carbocycles. The van der Waals surface area contributed by atoms with Gasteiger partial charge in [0, 0.05) is 5.69 Å². The third-order valence-electron chi connectivity index (χ3n) is 5.65. The maximum absolute atomic E-state index is 2.85. The van der Waals surface area contributed by atoms with Crippen molar-refractivity contribution in [2.75, 3.05) is 15.7 Å². The van der Waals surface area contributed by atoms with Crippen LogP contribution in [0.2, 0.25) is 31.7 Å². The van der Waals surface area contributed by atoms with Gasteiger partial charge >= 0.3 is 52.1 Å². The van der Waals surface area contributed by atoms with Gasteiger partial charge in [-0.1, -0.05) is 77.1 Å². The van der Waals surface area contributed by atoms with Crippen molar-refractivity contribution >= 4 is 74.7 Å². The highest BCUT2D eigenvalue weighted by molar-refractivity contribution is 8.46. The maximum atomic E-state index is 2.85. The molecule has 0 aromatic heterocycles. The van der Waals surface area contributed by atoms with E-state index in [9.17, 15) is 0 Å². The van der Waals surface area contributed by atoms with E-state index in [0.717, 1.165) is 0 Å². The summed E-state index contributed by atoms with van der Waals surface area (Å²) >= 11 is -2.49. The zero-order valence-electron chi connectivity index (χ0n) is 17.5. The number of nitrogens with zero attached hydrogens (tertiary/aromatic N) is 1. The summed E-state index contributed by atoms with van der Waals surface area (Å²) in [5.74, 6) is 0.